The summed E-state index contributed by atoms with van der Waals surface area (Å²) in [5, 5.41) is 3.62. The smallest absolute Gasteiger partial charge is 0.340 e. The molecule has 8 nitrogen and oxygen atoms in total. The van der Waals surface area contributed by atoms with Crippen molar-refractivity contribution < 1.29 is 14.3 Å². The Morgan fingerprint density at radius 2 is 1.76 bits per heavy atom. The van der Waals surface area contributed by atoms with Crippen molar-refractivity contribution in [3.8, 4) is 0 Å². The van der Waals surface area contributed by atoms with Gasteiger partial charge < -0.3 is 14.6 Å². The van der Waals surface area contributed by atoms with Crippen LogP contribution in [-0.4, -0.2) is 32.6 Å². The summed E-state index contributed by atoms with van der Waals surface area (Å²) in [6.07, 6.45) is 1.55. The number of hydrogen-bond donors (Lipinski definition) is 1. The Hall–Kier alpha value is -4.72. The molecule has 186 valence electrons. The summed E-state index contributed by atoms with van der Waals surface area (Å²) in [5.41, 5.74) is 4.01. The van der Waals surface area contributed by atoms with Gasteiger partial charge in [-0.3, -0.25) is 14.2 Å². The summed E-state index contributed by atoms with van der Waals surface area (Å²) >= 11 is 0. The monoisotopic (exact) mass is 494 g/mol. The van der Waals surface area contributed by atoms with E-state index in [0.717, 1.165) is 22.0 Å². The molecule has 0 saturated carbocycles. The van der Waals surface area contributed by atoms with E-state index in [1.165, 1.54) is 0 Å². The summed E-state index contributed by atoms with van der Waals surface area (Å²) < 4.78 is 8.36. The lowest BCUT2D eigenvalue weighted by Crippen LogP contribution is -2.26. The minimum atomic E-state index is -0.515. The molecule has 0 spiro atoms. The van der Waals surface area contributed by atoms with Crippen molar-refractivity contribution in [3.63, 3.8) is 0 Å². The SMILES string of the molecule is CCOC(=O)c1ccccc1NC(=O)Cn1c2ccc(C)cc2c2ncn(Cc3ccccc3)c(=O)c21. The van der Waals surface area contributed by atoms with Gasteiger partial charge in [0.25, 0.3) is 5.56 Å². The summed E-state index contributed by atoms with van der Waals surface area (Å²) in [6, 6.07) is 22.1. The molecule has 0 aliphatic heterocycles. The third-order valence-corrected chi connectivity index (χ3v) is 6.18. The van der Waals surface area contributed by atoms with E-state index >= 15 is 0 Å². The van der Waals surface area contributed by atoms with E-state index in [2.05, 4.69) is 10.3 Å². The van der Waals surface area contributed by atoms with E-state index in [4.69, 9.17) is 4.74 Å². The van der Waals surface area contributed by atoms with Crippen molar-refractivity contribution in [1.82, 2.24) is 14.1 Å². The number of amides is 1. The average molecular weight is 495 g/mol. The lowest BCUT2D eigenvalue weighted by atomic mass is 10.1. The number of esters is 1. The fourth-order valence-corrected chi connectivity index (χ4v) is 4.48. The predicted molar refractivity (Wildman–Crippen MR) is 143 cm³/mol. The van der Waals surface area contributed by atoms with Crippen molar-refractivity contribution in [2.24, 2.45) is 0 Å². The second kappa shape index (κ2) is 10.1. The van der Waals surface area contributed by atoms with Crippen LogP contribution in [0.1, 0.15) is 28.4 Å². The number of benzene rings is 3. The van der Waals surface area contributed by atoms with Gasteiger partial charge in [0.2, 0.25) is 5.91 Å². The van der Waals surface area contributed by atoms with Gasteiger partial charge in [0.15, 0.2) is 0 Å². The number of carbonyl (C=O) groups excluding carboxylic acids is 2. The number of nitrogens with zero attached hydrogens (tertiary/aromatic N) is 3. The summed E-state index contributed by atoms with van der Waals surface area (Å²) in [4.78, 5) is 43.9. The lowest BCUT2D eigenvalue weighted by Gasteiger charge is -2.12. The van der Waals surface area contributed by atoms with Crippen LogP contribution in [0, 0.1) is 6.92 Å². The van der Waals surface area contributed by atoms with Gasteiger partial charge in [0.05, 0.1) is 36.2 Å². The van der Waals surface area contributed by atoms with Crippen molar-refractivity contribution in [2.75, 3.05) is 11.9 Å². The molecule has 37 heavy (non-hydrogen) atoms. The predicted octanol–water partition coefficient (Wildman–Crippen LogP) is 4.52. The Balaban J connectivity index is 1.56. The molecule has 0 saturated heterocycles. The van der Waals surface area contributed by atoms with Gasteiger partial charge in [-0.15, -0.1) is 0 Å². The summed E-state index contributed by atoms with van der Waals surface area (Å²) in [6.45, 7) is 4.15. The molecule has 5 rings (SSSR count). The summed E-state index contributed by atoms with van der Waals surface area (Å²) in [5.74, 6) is -0.896. The highest BCUT2D eigenvalue weighted by atomic mass is 16.5. The molecule has 2 heterocycles. The largest absolute Gasteiger partial charge is 0.462 e. The third-order valence-electron chi connectivity index (χ3n) is 6.18. The fraction of sp³-hybridized carbons (Fsp3) is 0.172. The maximum Gasteiger partial charge on any atom is 0.340 e. The minimum absolute atomic E-state index is 0.132. The molecule has 2 aromatic heterocycles. The van der Waals surface area contributed by atoms with Gasteiger partial charge in [0.1, 0.15) is 17.6 Å². The van der Waals surface area contributed by atoms with Crippen LogP contribution in [0.2, 0.25) is 0 Å². The van der Waals surface area contributed by atoms with Gasteiger partial charge >= 0.3 is 5.97 Å². The molecule has 0 aliphatic carbocycles. The van der Waals surface area contributed by atoms with E-state index in [9.17, 15) is 14.4 Å². The van der Waals surface area contributed by atoms with Crippen LogP contribution in [-0.2, 0) is 22.6 Å². The van der Waals surface area contributed by atoms with Crippen LogP contribution in [0.15, 0.2) is 83.9 Å². The van der Waals surface area contributed by atoms with Crippen molar-refractivity contribution in [2.45, 2.75) is 26.9 Å². The number of rotatable bonds is 7. The van der Waals surface area contributed by atoms with Crippen LogP contribution in [0.3, 0.4) is 0 Å². The van der Waals surface area contributed by atoms with Gasteiger partial charge in [-0.1, -0.05) is 54.1 Å². The second-order valence-corrected chi connectivity index (χ2v) is 8.78. The number of aryl methyl sites for hydroxylation is 1. The maximum atomic E-state index is 13.7. The van der Waals surface area contributed by atoms with Crippen LogP contribution in [0.4, 0.5) is 5.69 Å². The number of aromatic nitrogens is 3. The molecule has 0 atom stereocenters. The number of fused-ring (bicyclic) bond motifs is 3. The molecular weight excluding hydrogens is 468 g/mol. The number of anilines is 1. The first-order chi connectivity index (χ1) is 18.0. The van der Waals surface area contributed by atoms with Crippen LogP contribution >= 0.6 is 0 Å². The zero-order valence-electron chi connectivity index (χ0n) is 20.6. The number of hydrogen-bond acceptors (Lipinski definition) is 5. The topological polar surface area (TPSA) is 95.2 Å². The van der Waals surface area contributed by atoms with Crippen LogP contribution in [0.25, 0.3) is 21.9 Å². The molecule has 8 heteroatoms. The molecule has 0 fully saturated rings. The van der Waals surface area contributed by atoms with E-state index in [1.54, 1.807) is 46.7 Å². The Kier molecular flexibility index (Phi) is 6.55. The van der Waals surface area contributed by atoms with Gasteiger partial charge in [-0.05, 0) is 43.7 Å². The molecule has 0 bridgehead atoms. The van der Waals surface area contributed by atoms with Crippen molar-refractivity contribution in [1.29, 1.82) is 0 Å². The van der Waals surface area contributed by atoms with E-state index in [-0.39, 0.29) is 30.2 Å². The van der Waals surface area contributed by atoms with E-state index in [1.807, 2.05) is 55.5 Å². The minimum Gasteiger partial charge on any atom is -0.462 e. The molecule has 3 aromatic carbocycles. The Bertz CT molecular complexity index is 1690. The molecule has 0 aliphatic rings. The number of nitrogens with one attached hydrogen (secondary N) is 1. The molecule has 1 N–H and O–H groups in total. The van der Waals surface area contributed by atoms with Gasteiger partial charge in [0, 0.05) is 5.39 Å². The number of carbonyl (C=O) groups is 2. The molecule has 0 radical (unpaired) electrons. The van der Waals surface area contributed by atoms with Gasteiger partial charge in [-0.2, -0.15) is 0 Å². The standard InChI is InChI=1S/C29H26N4O4/c1-3-37-29(36)21-11-7-8-12-23(21)31-25(34)17-33-24-14-13-19(2)15-22(24)26-27(33)28(35)32(18-30-26)16-20-9-5-4-6-10-20/h4-15,18H,3,16-17H2,1-2H3,(H,31,34). The Morgan fingerprint density at radius 3 is 2.54 bits per heavy atom. The molecule has 1 amide bonds. The number of para-hydroxylation sites is 1. The van der Waals surface area contributed by atoms with Crippen LogP contribution in [0.5, 0.6) is 0 Å². The normalized spacial score (nSPS) is 11.1. The average Bonchev–Trinajstić information content (AvgIpc) is 3.19. The molecule has 5 aromatic rings. The second-order valence-electron chi connectivity index (χ2n) is 8.78. The summed E-state index contributed by atoms with van der Waals surface area (Å²) in [7, 11) is 0. The van der Waals surface area contributed by atoms with E-state index < -0.39 is 5.97 Å². The molecule has 0 unspecified atom stereocenters. The van der Waals surface area contributed by atoms with Gasteiger partial charge in [-0.25, -0.2) is 9.78 Å². The zero-order chi connectivity index (χ0) is 25.9. The fourth-order valence-electron chi connectivity index (χ4n) is 4.48. The zero-order valence-corrected chi connectivity index (χ0v) is 20.6. The molecular formula is C29H26N4O4. The van der Waals surface area contributed by atoms with E-state index in [0.29, 0.717) is 23.3 Å². The van der Waals surface area contributed by atoms with Crippen LogP contribution < -0.4 is 10.9 Å². The first-order valence-corrected chi connectivity index (χ1v) is 12.0. The lowest BCUT2D eigenvalue weighted by molar-refractivity contribution is -0.116. The third kappa shape index (κ3) is 4.73. The Labute approximate surface area is 213 Å². The van der Waals surface area contributed by atoms with Crippen molar-refractivity contribution >= 4 is 39.5 Å². The highest BCUT2D eigenvalue weighted by Crippen LogP contribution is 2.27. The quantitative estimate of drug-likeness (QED) is 0.336. The highest BCUT2D eigenvalue weighted by molar-refractivity contribution is 6.07. The highest BCUT2D eigenvalue weighted by Gasteiger charge is 2.20. The maximum absolute atomic E-state index is 13.7. The first-order valence-electron chi connectivity index (χ1n) is 12.0. The first kappa shape index (κ1) is 24.0. The number of ether oxygens (including phenoxy) is 1. The Morgan fingerprint density at radius 1 is 1.00 bits per heavy atom. The van der Waals surface area contributed by atoms with Crippen molar-refractivity contribution in [3.05, 3.63) is 106 Å².